The van der Waals surface area contributed by atoms with Crippen LogP contribution in [0, 0.1) is 5.82 Å². The number of esters is 1. The zero-order valence-electron chi connectivity index (χ0n) is 10.5. The summed E-state index contributed by atoms with van der Waals surface area (Å²) in [4.78, 5) is 22.7. The number of nitrogens with one attached hydrogen (secondary N) is 1. The van der Waals surface area contributed by atoms with Crippen LogP contribution in [0.25, 0.3) is 0 Å². The number of ether oxygens (including phenoxy) is 1. The van der Waals surface area contributed by atoms with Gasteiger partial charge in [0.2, 0.25) is 0 Å². The van der Waals surface area contributed by atoms with Crippen LogP contribution in [-0.2, 0) is 9.53 Å². The molecule has 0 aromatic heterocycles. The van der Waals surface area contributed by atoms with Crippen molar-refractivity contribution in [3.63, 3.8) is 0 Å². The number of hydrogen-bond donors (Lipinski definition) is 1. The number of halogens is 2. The highest BCUT2D eigenvalue weighted by atomic mass is 35.5. The molecule has 1 aromatic carbocycles. The third-order valence-corrected chi connectivity index (χ3v) is 2.64. The molecule has 0 heterocycles. The Bertz CT molecular complexity index is 465. The maximum absolute atomic E-state index is 13.1. The van der Waals surface area contributed by atoms with Gasteiger partial charge in [0.1, 0.15) is 5.82 Å². The van der Waals surface area contributed by atoms with Crippen molar-refractivity contribution in [3.05, 3.63) is 34.6 Å². The van der Waals surface area contributed by atoms with Crippen molar-refractivity contribution in [1.29, 1.82) is 0 Å². The molecule has 6 heteroatoms. The molecular formula is C13H15ClFNO3. The number of carbonyl (C=O) groups is 2. The first kappa shape index (κ1) is 15.4. The molecule has 0 saturated carbocycles. The maximum Gasteiger partial charge on any atom is 0.305 e. The zero-order chi connectivity index (χ0) is 14.3. The van der Waals surface area contributed by atoms with E-state index in [1.54, 1.807) is 6.92 Å². The summed E-state index contributed by atoms with van der Waals surface area (Å²) in [5, 5.41) is 2.56. The monoisotopic (exact) mass is 287 g/mol. The molecule has 0 bridgehead atoms. The summed E-state index contributed by atoms with van der Waals surface area (Å²) in [6.07, 6.45) is 0.712. The molecule has 104 valence electrons. The van der Waals surface area contributed by atoms with Crippen LogP contribution in [0.5, 0.6) is 0 Å². The highest BCUT2D eigenvalue weighted by molar-refractivity contribution is 6.30. The van der Waals surface area contributed by atoms with Gasteiger partial charge in [-0.05, 0) is 31.5 Å². The molecule has 0 saturated heterocycles. The Kier molecular flexibility index (Phi) is 6.29. The lowest BCUT2D eigenvalue weighted by Gasteiger charge is -2.05. The molecule has 4 nitrogen and oxygen atoms in total. The molecule has 0 spiro atoms. The van der Waals surface area contributed by atoms with Crippen molar-refractivity contribution in [2.24, 2.45) is 0 Å². The maximum atomic E-state index is 13.1. The van der Waals surface area contributed by atoms with E-state index in [-0.39, 0.29) is 23.0 Å². The number of rotatable bonds is 6. The summed E-state index contributed by atoms with van der Waals surface area (Å²) < 4.78 is 17.9. The van der Waals surface area contributed by atoms with Gasteiger partial charge in [-0.1, -0.05) is 11.6 Å². The normalized spacial score (nSPS) is 10.1. The predicted molar refractivity (Wildman–Crippen MR) is 69.6 cm³/mol. The molecule has 19 heavy (non-hydrogen) atoms. The van der Waals surface area contributed by atoms with Crippen LogP contribution in [0.2, 0.25) is 5.02 Å². The Morgan fingerprint density at radius 3 is 2.79 bits per heavy atom. The first-order valence-corrected chi connectivity index (χ1v) is 6.31. The zero-order valence-corrected chi connectivity index (χ0v) is 11.3. The molecular weight excluding hydrogens is 273 g/mol. The molecule has 0 radical (unpaired) electrons. The third kappa shape index (κ3) is 5.26. The van der Waals surface area contributed by atoms with E-state index in [4.69, 9.17) is 16.3 Å². The first-order chi connectivity index (χ1) is 9.04. The van der Waals surface area contributed by atoms with Gasteiger partial charge in [-0.15, -0.1) is 0 Å². The van der Waals surface area contributed by atoms with Crippen LogP contribution in [0.3, 0.4) is 0 Å². The third-order valence-electron chi connectivity index (χ3n) is 2.33. The largest absolute Gasteiger partial charge is 0.466 e. The van der Waals surface area contributed by atoms with Gasteiger partial charge in [-0.2, -0.15) is 0 Å². The summed E-state index contributed by atoms with van der Waals surface area (Å²) in [5.41, 5.74) is 0.193. The topological polar surface area (TPSA) is 55.4 Å². The van der Waals surface area contributed by atoms with Crippen molar-refractivity contribution in [2.75, 3.05) is 13.2 Å². The molecule has 0 unspecified atom stereocenters. The Balaban J connectivity index is 2.35. The van der Waals surface area contributed by atoms with Crippen LogP contribution in [-0.4, -0.2) is 25.0 Å². The fourth-order valence-electron chi connectivity index (χ4n) is 1.41. The molecule has 0 fully saturated rings. The summed E-state index contributed by atoms with van der Waals surface area (Å²) in [6.45, 7) is 2.39. The van der Waals surface area contributed by atoms with E-state index >= 15 is 0 Å². The average Bonchev–Trinajstić information content (AvgIpc) is 2.38. The quantitative estimate of drug-likeness (QED) is 0.646. The van der Waals surface area contributed by atoms with E-state index in [1.807, 2.05) is 0 Å². The summed E-state index contributed by atoms with van der Waals surface area (Å²) >= 11 is 5.52. The van der Waals surface area contributed by atoms with Crippen molar-refractivity contribution in [3.8, 4) is 0 Å². The van der Waals surface area contributed by atoms with Gasteiger partial charge in [-0.25, -0.2) is 4.39 Å². The number of hydrogen-bond acceptors (Lipinski definition) is 3. The Hall–Kier alpha value is -1.62. The summed E-state index contributed by atoms with van der Waals surface area (Å²) in [7, 11) is 0. The number of benzene rings is 1. The molecule has 0 aliphatic carbocycles. The molecule has 1 aromatic rings. The minimum atomic E-state index is -0.638. The van der Waals surface area contributed by atoms with E-state index < -0.39 is 11.7 Å². The van der Waals surface area contributed by atoms with Gasteiger partial charge in [0, 0.05) is 18.5 Å². The van der Waals surface area contributed by atoms with Crippen LogP contribution in [0.1, 0.15) is 30.1 Å². The second-order valence-corrected chi connectivity index (χ2v) is 4.20. The van der Waals surface area contributed by atoms with Crippen molar-refractivity contribution >= 4 is 23.5 Å². The Morgan fingerprint density at radius 2 is 2.16 bits per heavy atom. The lowest BCUT2D eigenvalue weighted by atomic mass is 10.2. The SMILES string of the molecule is CCOC(=O)CCCNC(=O)c1ccc(Cl)c(F)c1. The lowest BCUT2D eigenvalue weighted by Crippen LogP contribution is -2.25. The Labute approximate surface area is 115 Å². The molecule has 0 aliphatic rings. The van der Waals surface area contributed by atoms with E-state index in [0.29, 0.717) is 19.6 Å². The molecule has 1 rings (SSSR count). The van der Waals surface area contributed by atoms with E-state index in [0.717, 1.165) is 6.07 Å². The van der Waals surface area contributed by atoms with Crippen LogP contribution >= 0.6 is 11.6 Å². The van der Waals surface area contributed by atoms with Gasteiger partial charge in [0.05, 0.1) is 11.6 Å². The van der Waals surface area contributed by atoms with Crippen molar-refractivity contribution in [2.45, 2.75) is 19.8 Å². The molecule has 0 atom stereocenters. The van der Waals surface area contributed by atoms with Crippen LogP contribution in [0.4, 0.5) is 4.39 Å². The second kappa shape index (κ2) is 7.74. The van der Waals surface area contributed by atoms with E-state index in [1.165, 1.54) is 12.1 Å². The second-order valence-electron chi connectivity index (χ2n) is 3.79. The van der Waals surface area contributed by atoms with Crippen molar-refractivity contribution < 1.29 is 18.7 Å². The molecule has 1 amide bonds. The number of amides is 1. The highest BCUT2D eigenvalue weighted by Gasteiger charge is 2.08. The van der Waals surface area contributed by atoms with Gasteiger partial charge in [0.15, 0.2) is 0 Å². The van der Waals surface area contributed by atoms with Crippen LogP contribution in [0.15, 0.2) is 18.2 Å². The molecule has 0 aliphatic heterocycles. The van der Waals surface area contributed by atoms with Gasteiger partial charge < -0.3 is 10.1 Å². The minimum Gasteiger partial charge on any atom is -0.466 e. The lowest BCUT2D eigenvalue weighted by molar-refractivity contribution is -0.143. The highest BCUT2D eigenvalue weighted by Crippen LogP contribution is 2.15. The van der Waals surface area contributed by atoms with E-state index in [9.17, 15) is 14.0 Å². The van der Waals surface area contributed by atoms with Crippen LogP contribution < -0.4 is 5.32 Å². The number of carbonyl (C=O) groups excluding carboxylic acids is 2. The Morgan fingerprint density at radius 1 is 1.42 bits per heavy atom. The van der Waals surface area contributed by atoms with E-state index in [2.05, 4.69) is 5.32 Å². The van der Waals surface area contributed by atoms with Crippen molar-refractivity contribution in [1.82, 2.24) is 5.32 Å². The summed E-state index contributed by atoms with van der Waals surface area (Å²) in [6, 6.07) is 3.83. The standard InChI is InChI=1S/C13H15ClFNO3/c1-2-19-12(17)4-3-7-16-13(18)9-5-6-10(14)11(15)8-9/h5-6,8H,2-4,7H2,1H3,(H,16,18). The summed E-state index contributed by atoms with van der Waals surface area (Å²) in [5.74, 6) is -1.34. The molecule has 1 N–H and O–H groups in total. The average molecular weight is 288 g/mol. The van der Waals surface area contributed by atoms with Gasteiger partial charge in [-0.3, -0.25) is 9.59 Å². The van der Waals surface area contributed by atoms with Gasteiger partial charge in [0.25, 0.3) is 5.91 Å². The minimum absolute atomic E-state index is 0.0288. The first-order valence-electron chi connectivity index (χ1n) is 5.93. The smallest absolute Gasteiger partial charge is 0.305 e. The van der Waals surface area contributed by atoms with Gasteiger partial charge >= 0.3 is 5.97 Å². The fourth-order valence-corrected chi connectivity index (χ4v) is 1.52. The predicted octanol–water partition coefficient (Wildman–Crippen LogP) is 2.55. The fraction of sp³-hybridized carbons (Fsp3) is 0.385.